The van der Waals surface area contributed by atoms with Crippen molar-refractivity contribution in [3.63, 3.8) is 0 Å². The van der Waals surface area contributed by atoms with Crippen LogP contribution in [0.3, 0.4) is 0 Å². The van der Waals surface area contributed by atoms with Crippen molar-refractivity contribution < 1.29 is 30.1 Å². The summed E-state index contributed by atoms with van der Waals surface area (Å²) in [6, 6.07) is -0.820. The fourth-order valence-corrected chi connectivity index (χ4v) is 2.97. The van der Waals surface area contributed by atoms with E-state index >= 15 is 0 Å². The van der Waals surface area contributed by atoms with Crippen molar-refractivity contribution in [2.24, 2.45) is 0 Å². The smallest absolute Gasteiger partial charge is 0.347 e. The summed E-state index contributed by atoms with van der Waals surface area (Å²) in [5.74, 6) is -0.149. The Kier molecular flexibility index (Phi) is 5.27. The van der Waals surface area contributed by atoms with Gasteiger partial charge in [0, 0.05) is 7.05 Å². The number of urea groups is 1. The molecule has 0 bridgehead atoms. The molecule has 0 unspecified atom stereocenters. The minimum absolute atomic E-state index is 0.0895. The molecule has 3 heterocycles. The van der Waals surface area contributed by atoms with Crippen molar-refractivity contribution in [1.82, 2.24) is 24.8 Å². The molecule has 1 aliphatic rings. The Balaban J connectivity index is 2.11. The number of aliphatic hydroxyl groups is 3. The standard InChI is InChI=1S/C13H18N6O6S/c1-14-13(23)19(24)10-6-9(16-12(17-10)26-2)18(4-15-6)11-8(22)7(21)5(3-20)25-11/h4-5,7-8,11,20-22,24H,3H2,1-2H3,(H,14,23)/t5-,7-,8-,11-/m1/s1. The molecule has 1 aliphatic heterocycles. The van der Waals surface area contributed by atoms with Crippen LogP contribution >= 0.6 is 11.8 Å². The van der Waals surface area contributed by atoms with Crippen molar-refractivity contribution in [3.8, 4) is 0 Å². The molecule has 2 aromatic heterocycles. The third kappa shape index (κ3) is 2.98. The molecule has 2 amide bonds. The molecule has 0 aromatic carbocycles. The van der Waals surface area contributed by atoms with E-state index in [0.717, 1.165) is 0 Å². The number of carbonyl (C=O) groups is 1. The zero-order valence-electron chi connectivity index (χ0n) is 13.8. The summed E-state index contributed by atoms with van der Waals surface area (Å²) >= 11 is 1.17. The second-order valence-corrected chi connectivity index (χ2v) is 6.23. The van der Waals surface area contributed by atoms with Crippen LogP contribution in [0.2, 0.25) is 0 Å². The SMILES string of the molecule is CNC(=O)N(O)c1nc(SC)nc2c1ncn2[C@@H]1O[C@H](CO)[C@@H](O)[C@H]1O. The summed E-state index contributed by atoms with van der Waals surface area (Å²) in [4.78, 5) is 24.2. The van der Waals surface area contributed by atoms with Gasteiger partial charge < -0.3 is 25.4 Å². The summed E-state index contributed by atoms with van der Waals surface area (Å²) in [5.41, 5.74) is 0.267. The number of aliphatic hydroxyl groups excluding tert-OH is 3. The number of aromatic nitrogens is 4. The van der Waals surface area contributed by atoms with Gasteiger partial charge in [-0.2, -0.15) is 10.0 Å². The maximum atomic E-state index is 11.7. The molecule has 0 saturated carbocycles. The van der Waals surface area contributed by atoms with Gasteiger partial charge in [0.05, 0.1) is 12.9 Å². The van der Waals surface area contributed by atoms with Crippen molar-refractivity contribution in [2.75, 3.05) is 25.0 Å². The molecule has 0 aliphatic carbocycles. The average molecular weight is 386 g/mol. The quantitative estimate of drug-likeness (QED) is 0.184. The van der Waals surface area contributed by atoms with Gasteiger partial charge in [0.15, 0.2) is 28.4 Å². The predicted molar refractivity (Wildman–Crippen MR) is 88.8 cm³/mol. The van der Waals surface area contributed by atoms with Gasteiger partial charge in [-0.1, -0.05) is 11.8 Å². The molecule has 3 rings (SSSR count). The zero-order valence-corrected chi connectivity index (χ0v) is 14.7. The normalized spacial score (nSPS) is 25.6. The number of rotatable bonds is 4. The van der Waals surface area contributed by atoms with Gasteiger partial charge in [0.2, 0.25) is 0 Å². The molecule has 142 valence electrons. The summed E-state index contributed by atoms with van der Waals surface area (Å²) in [6.45, 7) is -0.473. The van der Waals surface area contributed by atoms with Crippen LogP contribution in [0.5, 0.6) is 0 Å². The van der Waals surface area contributed by atoms with Crippen LogP contribution in [0.1, 0.15) is 6.23 Å². The van der Waals surface area contributed by atoms with Crippen LogP contribution < -0.4 is 10.4 Å². The number of imidazole rings is 1. The van der Waals surface area contributed by atoms with Gasteiger partial charge in [-0.15, -0.1) is 0 Å². The Hall–Kier alpha value is -2.03. The lowest BCUT2D eigenvalue weighted by Crippen LogP contribution is -2.36. The zero-order chi connectivity index (χ0) is 19.0. The minimum Gasteiger partial charge on any atom is -0.394 e. The van der Waals surface area contributed by atoms with Gasteiger partial charge in [0.1, 0.15) is 18.3 Å². The lowest BCUT2D eigenvalue weighted by atomic mass is 10.1. The molecular formula is C13H18N6O6S. The molecule has 26 heavy (non-hydrogen) atoms. The minimum atomic E-state index is -1.33. The Morgan fingerprint density at radius 1 is 1.42 bits per heavy atom. The Morgan fingerprint density at radius 2 is 2.15 bits per heavy atom. The maximum absolute atomic E-state index is 11.7. The largest absolute Gasteiger partial charge is 0.394 e. The van der Waals surface area contributed by atoms with Crippen molar-refractivity contribution >= 4 is 34.8 Å². The first-order valence-electron chi connectivity index (χ1n) is 7.54. The van der Waals surface area contributed by atoms with E-state index in [1.54, 1.807) is 6.26 Å². The molecule has 0 spiro atoms. The number of carbonyl (C=O) groups excluding carboxylic acids is 1. The molecule has 13 heteroatoms. The molecule has 12 nitrogen and oxygen atoms in total. The topological polar surface area (TPSA) is 166 Å². The highest BCUT2D eigenvalue weighted by Gasteiger charge is 2.44. The third-order valence-electron chi connectivity index (χ3n) is 3.96. The number of hydrogen-bond acceptors (Lipinski definition) is 10. The summed E-state index contributed by atoms with van der Waals surface area (Å²) < 4.78 is 6.83. The number of hydrogen-bond donors (Lipinski definition) is 5. The van der Waals surface area contributed by atoms with E-state index < -0.39 is 37.2 Å². The van der Waals surface area contributed by atoms with E-state index in [9.17, 15) is 25.3 Å². The van der Waals surface area contributed by atoms with Gasteiger partial charge in [0.25, 0.3) is 0 Å². The van der Waals surface area contributed by atoms with Crippen LogP contribution in [-0.4, -0.2) is 84.3 Å². The second kappa shape index (κ2) is 7.30. The van der Waals surface area contributed by atoms with E-state index in [4.69, 9.17) is 4.74 Å². The molecular weight excluding hydrogens is 368 g/mol. The van der Waals surface area contributed by atoms with Crippen LogP contribution in [0.15, 0.2) is 11.5 Å². The number of anilines is 1. The van der Waals surface area contributed by atoms with Crippen molar-refractivity contribution in [2.45, 2.75) is 29.7 Å². The Bertz CT molecular complexity index is 818. The monoisotopic (exact) mass is 386 g/mol. The highest BCUT2D eigenvalue weighted by Crippen LogP contribution is 2.33. The molecule has 5 N–H and O–H groups in total. The Labute approximate surface area is 151 Å². The first-order valence-corrected chi connectivity index (χ1v) is 8.77. The van der Waals surface area contributed by atoms with E-state index in [2.05, 4.69) is 20.3 Å². The number of nitrogens with one attached hydrogen (secondary N) is 1. The van der Waals surface area contributed by atoms with Gasteiger partial charge in [-0.25, -0.2) is 14.8 Å². The lowest BCUT2D eigenvalue weighted by Gasteiger charge is -2.17. The van der Waals surface area contributed by atoms with Gasteiger partial charge in [-0.05, 0) is 6.26 Å². The van der Waals surface area contributed by atoms with E-state index in [0.29, 0.717) is 5.06 Å². The highest BCUT2D eigenvalue weighted by atomic mass is 32.2. The van der Waals surface area contributed by atoms with E-state index in [-0.39, 0.29) is 22.1 Å². The van der Waals surface area contributed by atoms with E-state index in [1.165, 1.54) is 29.7 Å². The summed E-state index contributed by atoms with van der Waals surface area (Å²) in [6.07, 6.45) is -1.65. The fourth-order valence-electron chi connectivity index (χ4n) is 2.62. The number of fused-ring (bicyclic) bond motifs is 1. The summed E-state index contributed by atoms with van der Waals surface area (Å²) in [5, 5.41) is 42.3. The maximum Gasteiger partial charge on any atom is 0.347 e. The van der Waals surface area contributed by atoms with Gasteiger partial charge >= 0.3 is 6.03 Å². The number of amides is 2. The predicted octanol–water partition coefficient (Wildman–Crippen LogP) is -1.31. The second-order valence-electron chi connectivity index (χ2n) is 5.45. The molecule has 1 fully saturated rings. The van der Waals surface area contributed by atoms with Crippen LogP contribution in [-0.2, 0) is 4.74 Å². The van der Waals surface area contributed by atoms with Gasteiger partial charge in [-0.3, -0.25) is 9.77 Å². The van der Waals surface area contributed by atoms with E-state index in [1.807, 2.05) is 0 Å². The first-order chi connectivity index (χ1) is 12.4. The fraction of sp³-hybridized carbons (Fsp3) is 0.538. The van der Waals surface area contributed by atoms with Crippen molar-refractivity contribution in [1.29, 1.82) is 0 Å². The van der Waals surface area contributed by atoms with Crippen LogP contribution in [0.25, 0.3) is 11.2 Å². The molecule has 1 saturated heterocycles. The van der Waals surface area contributed by atoms with Crippen molar-refractivity contribution in [3.05, 3.63) is 6.33 Å². The molecule has 0 radical (unpaired) electrons. The number of nitrogens with zero attached hydrogens (tertiary/aromatic N) is 5. The highest BCUT2D eigenvalue weighted by molar-refractivity contribution is 7.98. The average Bonchev–Trinajstić information content (AvgIpc) is 3.20. The number of ether oxygens (including phenoxy) is 1. The summed E-state index contributed by atoms with van der Waals surface area (Å²) in [7, 11) is 1.34. The first kappa shape index (κ1) is 18.8. The number of hydroxylamine groups is 1. The molecule has 4 atom stereocenters. The van der Waals surface area contributed by atoms with Crippen LogP contribution in [0, 0.1) is 0 Å². The molecule has 2 aromatic rings. The third-order valence-corrected chi connectivity index (χ3v) is 4.51. The lowest BCUT2D eigenvalue weighted by molar-refractivity contribution is -0.0511. The van der Waals surface area contributed by atoms with Crippen LogP contribution in [0.4, 0.5) is 10.6 Å². The Morgan fingerprint density at radius 3 is 2.73 bits per heavy atom. The number of thioether (sulfide) groups is 1.